The van der Waals surface area contributed by atoms with Crippen LogP contribution in [0, 0.1) is 6.92 Å². The van der Waals surface area contributed by atoms with E-state index >= 15 is 0 Å². The van der Waals surface area contributed by atoms with Gasteiger partial charge >= 0.3 is 0 Å². The van der Waals surface area contributed by atoms with Crippen LogP contribution in [0.4, 0.5) is 0 Å². The molecular formula is C9H8ClO. The second-order valence-corrected chi connectivity index (χ2v) is 2.78. The highest BCUT2D eigenvalue weighted by atomic mass is 35.5. The van der Waals surface area contributed by atoms with E-state index in [9.17, 15) is 4.79 Å². The Bertz CT molecular complexity index is 268. The monoisotopic (exact) mass is 167 g/mol. The van der Waals surface area contributed by atoms with Gasteiger partial charge in [-0.1, -0.05) is 23.7 Å². The first-order chi connectivity index (χ1) is 5.18. The number of Topliss-reactive ketones (excluding diaryl/α,β-unsaturated/α-hetero) is 1. The number of benzene rings is 1. The van der Waals surface area contributed by atoms with Crippen LogP contribution in [0.15, 0.2) is 24.3 Å². The Labute approximate surface area is 71.0 Å². The third-order valence-corrected chi connectivity index (χ3v) is 1.53. The molecule has 0 saturated heterocycles. The lowest BCUT2D eigenvalue weighted by Gasteiger charge is -1.96. The summed E-state index contributed by atoms with van der Waals surface area (Å²) in [7, 11) is 0. The Hall–Kier alpha value is -0.820. The van der Waals surface area contributed by atoms with Crippen LogP contribution < -0.4 is 0 Å². The summed E-state index contributed by atoms with van der Waals surface area (Å²) < 4.78 is 0. The lowest BCUT2D eigenvalue weighted by molar-refractivity contribution is -0.114. The fraction of sp³-hybridized carbons (Fsp3) is 0.111. The van der Waals surface area contributed by atoms with E-state index in [0.717, 1.165) is 5.56 Å². The summed E-state index contributed by atoms with van der Waals surface area (Å²) in [5, 5.41) is 0.656. The van der Waals surface area contributed by atoms with Gasteiger partial charge in [0.2, 0.25) is 0 Å². The molecule has 1 rings (SSSR count). The predicted octanol–water partition coefficient (Wildman–Crippen LogP) is 2.29. The number of ketones is 1. The topological polar surface area (TPSA) is 17.1 Å². The smallest absolute Gasteiger partial charge is 0.137 e. The SMILES string of the molecule is [CH2]C(=O)Cc1cccc(Cl)c1. The maximum Gasteiger partial charge on any atom is 0.137 e. The molecule has 1 nitrogen and oxygen atoms in total. The number of carbonyl (C=O) groups excluding carboxylic acids is 1. The van der Waals surface area contributed by atoms with Crippen LogP contribution in [0.2, 0.25) is 5.02 Å². The summed E-state index contributed by atoms with van der Waals surface area (Å²) in [5.74, 6) is -0.0905. The van der Waals surface area contributed by atoms with Crippen molar-refractivity contribution in [1.29, 1.82) is 0 Å². The molecule has 2 heteroatoms. The summed E-state index contributed by atoms with van der Waals surface area (Å²) in [5.41, 5.74) is 0.914. The maximum absolute atomic E-state index is 10.6. The van der Waals surface area contributed by atoms with Crippen LogP contribution in [-0.2, 0) is 11.2 Å². The van der Waals surface area contributed by atoms with Gasteiger partial charge in [-0.25, -0.2) is 0 Å². The van der Waals surface area contributed by atoms with Gasteiger partial charge in [-0.05, 0) is 17.7 Å². The van der Waals surface area contributed by atoms with Crippen LogP contribution in [0.25, 0.3) is 0 Å². The first-order valence-electron chi connectivity index (χ1n) is 3.28. The second kappa shape index (κ2) is 3.54. The van der Waals surface area contributed by atoms with Gasteiger partial charge in [0.25, 0.3) is 0 Å². The second-order valence-electron chi connectivity index (χ2n) is 2.35. The Morgan fingerprint density at radius 1 is 1.55 bits per heavy atom. The zero-order chi connectivity index (χ0) is 8.27. The van der Waals surface area contributed by atoms with E-state index in [1.165, 1.54) is 0 Å². The molecule has 0 atom stereocenters. The molecule has 0 aliphatic rings. The van der Waals surface area contributed by atoms with E-state index in [1.54, 1.807) is 12.1 Å². The molecule has 0 aliphatic carbocycles. The average Bonchev–Trinajstić information content (AvgIpc) is 1.85. The highest BCUT2D eigenvalue weighted by Gasteiger charge is 1.96. The van der Waals surface area contributed by atoms with Gasteiger partial charge in [0.1, 0.15) is 5.78 Å². The van der Waals surface area contributed by atoms with Gasteiger partial charge in [0.15, 0.2) is 0 Å². The van der Waals surface area contributed by atoms with Crippen molar-refractivity contribution in [2.24, 2.45) is 0 Å². The van der Waals surface area contributed by atoms with Gasteiger partial charge in [-0.3, -0.25) is 4.79 Å². The van der Waals surface area contributed by atoms with E-state index in [4.69, 9.17) is 11.6 Å². The van der Waals surface area contributed by atoms with Gasteiger partial charge in [0, 0.05) is 18.4 Å². The molecule has 57 valence electrons. The third kappa shape index (κ3) is 2.72. The van der Waals surface area contributed by atoms with Crippen molar-refractivity contribution in [3.63, 3.8) is 0 Å². The molecule has 0 bridgehead atoms. The molecule has 0 unspecified atom stereocenters. The number of rotatable bonds is 2. The Kier molecular flexibility index (Phi) is 2.66. The van der Waals surface area contributed by atoms with E-state index in [0.29, 0.717) is 11.4 Å². The molecule has 11 heavy (non-hydrogen) atoms. The summed E-state index contributed by atoms with van der Waals surface area (Å²) in [4.78, 5) is 10.6. The number of halogens is 1. The standard InChI is InChI=1S/C9H8ClO/c1-7(11)5-8-3-2-4-9(10)6-8/h2-4,6H,1,5H2. The fourth-order valence-electron chi connectivity index (χ4n) is 0.875. The van der Waals surface area contributed by atoms with Crippen molar-refractivity contribution in [3.8, 4) is 0 Å². The molecule has 0 heterocycles. The molecular weight excluding hydrogens is 160 g/mol. The van der Waals surface area contributed by atoms with Gasteiger partial charge in [-0.2, -0.15) is 0 Å². The first-order valence-corrected chi connectivity index (χ1v) is 3.65. The lowest BCUT2D eigenvalue weighted by Crippen LogP contribution is -1.95. The lowest BCUT2D eigenvalue weighted by atomic mass is 10.1. The van der Waals surface area contributed by atoms with Crippen LogP contribution in [0.5, 0.6) is 0 Å². The van der Waals surface area contributed by atoms with Gasteiger partial charge < -0.3 is 0 Å². The number of hydrogen-bond acceptors (Lipinski definition) is 1. The summed E-state index contributed by atoms with van der Waals surface area (Å²) in [6.07, 6.45) is 0.362. The molecule has 1 radical (unpaired) electrons. The quantitative estimate of drug-likeness (QED) is 0.661. The molecule has 1 aromatic rings. The molecule has 0 fully saturated rings. The summed E-state index contributed by atoms with van der Waals surface area (Å²) >= 11 is 5.70. The molecule has 1 aromatic carbocycles. The molecule has 0 spiro atoms. The zero-order valence-corrected chi connectivity index (χ0v) is 6.77. The Morgan fingerprint density at radius 3 is 2.82 bits per heavy atom. The van der Waals surface area contributed by atoms with E-state index in [-0.39, 0.29) is 5.78 Å². The highest BCUT2D eigenvalue weighted by Crippen LogP contribution is 2.10. The third-order valence-electron chi connectivity index (χ3n) is 1.29. The first kappa shape index (κ1) is 8.28. The minimum absolute atomic E-state index is 0.0905. The largest absolute Gasteiger partial charge is 0.299 e. The molecule has 0 saturated carbocycles. The number of hydrogen-bond donors (Lipinski definition) is 0. The predicted molar refractivity (Wildman–Crippen MR) is 45.5 cm³/mol. The zero-order valence-electron chi connectivity index (χ0n) is 6.01. The normalized spacial score (nSPS) is 9.64. The van der Waals surface area contributed by atoms with E-state index < -0.39 is 0 Å². The summed E-state index contributed by atoms with van der Waals surface area (Å²) in [6, 6.07) is 7.22. The maximum atomic E-state index is 10.6. The molecule has 0 aliphatic heterocycles. The molecule has 0 aromatic heterocycles. The van der Waals surface area contributed by atoms with Crippen molar-refractivity contribution < 1.29 is 4.79 Å². The molecule has 0 N–H and O–H groups in total. The fourth-order valence-corrected chi connectivity index (χ4v) is 1.09. The van der Waals surface area contributed by atoms with Crippen molar-refractivity contribution >= 4 is 17.4 Å². The minimum atomic E-state index is -0.0905. The van der Waals surface area contributed by atoms with Crippen molar-refractivity contribution in [1.82, 2.24) is 0 Å². The Balaban J connectivity index is 2.79. The minimum Gasteiger partial charge on any atom is -0.299 e. The van der Waals surface area contributed by atoms with E-state index in [2.05, 4.69) is 6.92 Å². The van der Waals surface area contributed by atoms with Crippen molar-refractivity contribution in [2.45, 2.75) is 6.42 Å². The highest BCUT2D eigenvalue weighted by molar-refractivity contribution is 6.30. The van der Waals surface area contributed by atoms with Gasteiger partial charge in [-0.15, -0.1) is 0 Å². The van der Waals surface area contributed by atoms with E-state index in [1.807, 2.05) is 12.1 Å². The average molecular weight is 168 g/mol. The van der Waals surface area contributed by atoms with Crippen molar-refractivity contribution in [2.75, 3.05) is 0 Å². The van der Waals surface area contributed by atoms with Crippen LogP contribution in [0.3, 0.4) is 0 Å². The van der Waals surface area contributed by atoms with Crippen LogP contribution in [-0.4, -0.2) is 5.78 Å². The van der Waals surface area contributed by atoms with Crippen LogP contribution >= 0.6 is 11.6 Å². The number of carbonyl (C=O) groups is 1. The van der Waals surface area contributed by atoms with Crippen molar-refractivity contribution in [3.05, 3.63) is 41.8 Å². The van der Waals surface area contributed by atoms with Gasteiger partial charge in [0.05, 0.1) is 0 Å². The summed E-state index contributed by atoms with van der Waals surface area (Å²) in [6.45, 7) is 3.28. The van der Waals surface area contributed by atoms with Crippen LogP contribution in [0.1, 0.15) is 5.56 Å². The molecule has 0 amide bonds. The Morgan fingerprint density at radius 2 is 2.27 bits per heavy atom.